The molecule has 1 aliphatic carbocycles. The molecule has 0 N–H and O–H groups in total. The van der Waals surface area contributed by atoms with Crippen molar-refractivity contribution >= 4 is 11.8 Å². The quantitative estimate of drug-likeness (QED) is 0.342. The lowest BCUT2D eigenvalue weighted by molar-refractivity contribution is -0.497. The molecular weight excluding hydrogens is 278 g/mol. The molecule has 0 saturated heterocycles. The van der Waals surface area contributed by atoms with Gasteiger partial charge in [0.1, 0.15) is 18.3 Å². The van der Waals surface area contributed by atoms with Gasteiger partial charge in [0.2, 0.25) is 6.04 Å². The molecule has 0 spiro atoms. The highest BCUT2D eigenvalue weighted by Crippen LogP contribution is 2.34. The zero-order valence-electron chi connectivity index (χ0n) is 11.7. The summed E-state index contributed by atoms with van der Waals surface area (Å²) in [6.07, 6.45) is 0.219. The number of ether oxygens (including phenoxy) is 2. The lowest BCUT2D eigenvalue weighted by atomic mass is 10.1. The number of Topliss-reactive ketones (excluding diaryl/α,β-unsaturated/α-hetero) is 1. The Bertz CT molecular complexity index is 597. The van der Waals surface area contributed by atoms with E-state index < -0.39 is 22.9 Å². The van der Waals surface area contributed by atoms with Crippen molar-refractivity contribution in [2.75, 3.05) is 7.11 Å². The molecule has 1 aromatic carbocycles. The van der Waals surface area contributed by atoms with Gasteiger partial charge >= 0.3 is 5.97 Å². The summed E-state index contributed by atoms with van der Waals surface area (Å²) in [4.78, 5) is 33.1. The minimum Gasteiger partial charge on any atom is -0.496 e. The summed E-state index contributed by atoms with van der Waals surface area (Å²) in [5.74, 6) is -0.871. The molecule has 0 aromatic heterocycles. The summed E-state index contributed by atoms with van der Waals surface area (Å²) in [5.41, 5.74) is 1.04. The number of nitro groups is 1. The van der Waals surface area contributed by atoms with Crippen LogP contribution in [0.1, 0.15) is 29.3 Å². The fraction of sp³-hybridized carbons (Fsp3) is 0.429. The summed E-state index contributed by atoms with van der Waals surface area (Å²) in [6.45, 7) is 1.35. The third-order valence-electron chi connectivity index (χ3n) is 3.39. The Balaban J connectivity index is 2.02. The number of hydrogen-bond donors (Lipinski definition) is 0. The van der Waals surface area contributed by atoms with Crippen LogP contribution in [0, 0.1) is 16.0 Å². The normalized spacial score (nSPS) is 19.7. The van der Waals surface area contributed by atoms with Gasteiger partial charge in [-0.3, -0.25) is 19.7 Å². The molecule has 0 bridgehead atoms. The Kier molecular flexibility index (Phi) is 4.21. The maximum Gasteiger partial charge on any atom is 0.316 e. The van der Waals surface area contributed by atoms with Crippen molar-refractivity contribution in [2.45, 2.75) is 26.0 Å². The minimum atomic E-state index is -0.831. The summed E-state index contributed by atoms with van der Waals surface area (Å²) in [7, 11) is 1.47. The van der Waals surface area contributed by atoms with E-state index in [9.17, 15) is 19.7 Å². The Hall–Kier alpha value is -2.44. The molecule has 1 aromatic rings. The van der Waals surface area contributed by atoms with Crippen molar-refractivity contribution in [3.8, 4) is 5.75 Å². The van der Waals surface area contributed by atoms with E-state index in [0.29, 0.717) is 16.9 Å². The highest BCUT2D eigenvalue weighted by molar-refractivity contribution is 5.94. The van der Waals surface area contributed by atoms with Crippen LogP contribution < -0.4 is 4.74 Å². The van der Waals surface area contributed by atoms with Crippen molar-refractivity contribution in [1.82, 2.24) is 0 Å². The molecule has 1 saturated carbocycles. The lowest BCUT2D eigenvalue weighted by Gasteiger charge is -2.10. The van der Waals surface area contributed by atoms with E-state index in [4.69, 9.17) is 9.47 Å². The average molecular weight is 293 g/mol. The Labute approximate surface area is 121 Å². The van der Waals surface area contributed by atoms with Gasteiger partial charge in [0, 0.05) is 22.5 Å². The second-order valence-corrected chi connectivity index (χ2v) is 4.89. The van der Waals surface area contributed by atoms with Gasteiger partial charge in [-0.05, 0) is 25.1 Å². The van der Waals surface area contributed by atoms with Gasteiger partial charge in [0.15, 0.2) is 5.78 Å². The van der Waals surface area contributed by atoms with Crippen LogP contribution in [-0.4, -0.2) is 29.8 Å². The molecule has 1 fully saturated rings. The van der Waals surface area contributed by atoms with E-state index in [1.807, 2.05) is 0 Å². The minimum absolute atomic E-state index is 0.0793. The fourth-order valence-corrected chi connectivity index (χ4v) is 2.03. The van der Waals surface area contributed by atoms with Gasteiger partial charge in [0.25, 0.3) is 0 Å². The zero-order valence-corrected chi connectivity index (χ0v) is 11.7. The highest BCUT2D eigenvalue weighted by atomic mass is 16.6. The number of hydrogen-bond acceptors (Lipinski definition) is 6. The van der Waals surface area contributed by atoms with Crippen molar-refractivity contribution in [3.05, 3.63) is 39.4 Å². The van der Waals surface area contributed by atoms with Crippen LogP contribution in [0.2, 0.25) is 0 Å². The lowest BCUT2D eigenvalue weighted by Crippen LogP contribution is -2.14. The van der Waals surface area contributed by atoms with Crippen LogP contribution in [0.4, 0.5) is 0 Å². The molecule has 0 amide bonds. The molecule has 0 heterocycles. The van der Waals surface area contributed by atoms with Crippen molar-refractivity contribution < 1.29 is 24.0 Å². The smallest absolute Gasteiger partial charge is 0.316 e. The number of ketones is 1. The maximum atomic E-state index is 11.7. The molecule has 7 heteroatoms. The number of methoxy groups -OCH3 is 1. The summed E-state index contributed by atoms with van der Waals surface area (Å²) in [6, 6.07) is 4.00. The molecule has 2 rings (SSSR count). The van der Waals surface area contributed by atoms with E-state index in [-0.39, 0.29) is 18.8 Å². The van der Waals surface area contributed by atoms with E-state index in [0.717, 1.165) is 0 Å². The summed E-state index contributed by atoms with van der Waals surface area (Å²) in [5, 5.41) is 10.5. The molecule has 0 radical (unpaired) electrons. The van der Waals surface area contributed by atoms with Gasteiger partial charge in [-0.1, -0.05) is 0 Å². The number of benzene rings is 1. The van der Waals surface area contributed by atoms with Crippen molar-refractivity contribution in [3.63, 3.8) is 0 Å². The first-order valence-corrected chi connectivity index (χ1v) is 6.42. The number of carbonyl (C=O) groups is 2. The second kappa shape index (κ2) is 5.90. The van der Waals surface area contributed by atoms with Crippen LogP contribution in [0.3, 0.4) is 0 Å². The van der Waals surface area contributed by atoms with Gasteiger partial charge in [-0.15, -0.1) is 0 Å². The SMILES string of the molecule is COc1ccc(C(C)=O)cc1COC(=O)C1CC1[N+](=O)[O-]. The molecular formula is C14H15NO6. The van der Waals surface area contributed by atoms with Crippen LogP contribution in [0.5, 0.6) is 5.75 Å². The first-order valence-electron chi connectivity index (χ1n) is 6.42. The second-order valence-electron chi connectivity index (χ2n) is 4.89. The predicted octanol–water partition coefficient (Wildman–Crippen LogP) is 1.61. The summed E-state index contributed by atoms with van der Waals surface area (Å²) < 4.78 is 10.2. The van der Waals surface area contributed by atoms with Crippen LogP contribution in [0.15, 0.2) is 18.2 Å². The van der Waals surface area contributed by atoms with Crippen LogP contribution in [0.25, 0.3) is 0 Å². The molecule has 21 heavy (non-hydrogen) atoms. The Morgan fingerprint density at radius 2 is 2.14 bits per heavy atom. The molecule has 0 aliphatic heterocycles. The molecule has 2 unspecified atom stereocenters. The number of nitrogens with zero attached hydrogens (tertiary/aromatic N) is 1. The maximum absolute atomic E-state index is 11.7. The van der Waals surface area contributed by atoms with Crippen LogP contribution >= 0.6 is 0 Å². The van der Waals surface area contributed by atoms with Gasteiger partial charge < -0.3 is 9.47 Å². The zero-order chi connectivity index (χ0) is 15.6. The molecule has 112 valence electrons. The largest absolute Gasteiger partial charge is 0.496 e. The third kappa shape index (κ3) is 3.36. The molecule has 1 aliphatic rings. The molecule has 7 nitrogen and oxygen atoms in total. The Morgan fingerprint density at radius 1 is 1.43 bits per heavy atom. The third-order valence-corrected chi connectivity index (χ3v) is 3.39. The number of carbonyl (C=O) groups excluding carboxylic acids is 2. The first kappa shape index (κ1) is 15.0. The first-order chi connectivity index (χ1) is 9.93. The van der Waals surface area contributed by atoms with Crippen molar-refractivity contribution in [2.24, 2.45) is 5.92 Å². The number of esters is 1. The fourth-order valence-electron chi connectivity index (χ4n) is 2.03. The van der Waals surface area contributed by atoms with Crippen molar-refractivity contribution in [1.29, 1.82) is 0 Å². The van der Waals surface area contributed by atoms with E-state index in [2.05, 4.69) is 0 Å². The van der Waals surface area contributed by atoms with E-state index in [1.54, 1.807) is 18.2 Å². The van der Waals surface area contributed by atoms with Gasteiger partial charge in [-0.25, -0.2) is 0 Å². The predicted molar refractivity (Wildman–Crippen MR) is 71.7 cm³/mol. The molecule has 2 atom stereocenters. The number of rotatable bonds is 6. The summed E-state index contributed by atoms with van der Waals surface area (Å²) >= 11 is 0. The van der Waals surface area contributed by atoms with Gasteiger partial charge in [-0.2, -0.15) is 0 Å². The van der Waals surface area contributed by atoms with E-state index in [1.165, 1.54) is 14.0 Å². The average Bonchev–Trinajstić information content (AvgIpc) is 3.24. The van der Waals surface area contributed by atoms with Gasteiger partial charge in [0.05, 0.1) is 7.11 Å². The van der Waals surface area contributed by atoms with Crippen LogP contribution in [-0.2, 0) is 16.1 Å². The topological polar surface area (TPSA) is 95.7 Å². The highest BCUT2D eigenvalue weighted by Gasteiger charge is 2.54. The standard InChI is InChI=1S/C14H15NO6/c1-8(16)9-3-4-13(20-2)10(5-9)7-21-14(17)11-6-12(11)15(18)19/h3-5,11-12H,6-7H2,1-2H3. The van der Waals surface area contributed by atoms with E-state index >= 15 is 0 Å². The monoisotopic (exact) mass is 293 g/mol. The Morgan fingerprint density at radius 3 is 2.67 bits per heavy atom.